The molecule has 0 fully saturated rings. The van der Waals surface area contributed by atoms with Crippen molar-refractivity contribution < 1.29 is 19.1 Å². The Labute approximate surface area is 205 Å². The summed E-state index contributed by atoms with van der Waals surface area (Å²) in [5.74, 6) is 0.117. The number of aryl methyl sites for hydroxylation is 1. The van der Waals surface area contributed by atoms with Gasteiger partial charge in [-0.25, -0.2) is 10.2 Å². The van der Waals surface area contributed by atoms with Crippen molar-refractivity contribution in [3.63, 3.8) is 0 Å². The van der Waals surface area contributed by atoms with Gasteiger partial charge in [0.25, 0.3) is 5.91 Å². The van der Waals surface area contributed by atoms with Gasteiger partial charge in [-0.15, -0.1) is 11.3 Å². The molecule has 4 aromatic rings. The summed E-state index contributed by atoms with van der Waals surface area (Å²) >= 11 is 7.64. The van der Waals surface area contributed by atoms with E-state index < -0.39 is 5.97 Å². The van der Waals surface area contributed by atoms with E-state index in [4.69, 9.17) is 21.1 Å². The smallest absolute Gasteiger partial charge is 0.355 e. The highest BCUT2D eigenvalue weighted by molar-refractivity contribution is 7.21. The summed E-state index contributed by atoms with van der Waals surface area (Å²) in [6, 6.07) is 21.9. The highest BCUT2D eigenvalue weighted by Crippen LogP contribution is 2.35. The molecule has 1 heterocycles. The zero-order valence-electron chi connectivity index (χ0n) is 18.3. The van der Waals surface area contributed by atoms with Gasteiger partial charge in [0, 0.05) is 10.1 Å². The van der Waals surface area contributed by atoms with Gasteiger partial charge in [-0.05, 0) is 60.0 Å². The monoisotopic (exact) mass is 492 g/mol. The van der Waals surface area contributed by atoms with Crippen LogP contribution in [0.25, 0.3) is 10.1 Å². The number of nitrogens with zero attached hydrogens (tertiary/aromatic N) is 1. The minimum atomic E-state index is -0.510. The number of thiophene rings is 1. The van der Waals surface area contributed by atoms with Crippen molar-refractivity contribution in [2.45, 2.75) is 13.3 Å². The number of carbonyl (C=O) groups excluding carboxylic acids is 2. The summed E-state index contributed by atoms with van der Waals surface area (Å²) in [6.45, 7) is 1.93. The molecule has 0 unspecified atom stereocenters. The largest absolute Gasteiger partial charge is 0.484 e. The van der Waals surface area contributed by atoms with E-state index in [1.54, 1.807) is 24.3 Å². The second kappa shape index (κ2) is 11.0. The van der Waals surface area contributed by atoms with Gasteiger partial charge in [0.15, 0.2) is 6.61 Å². The van der Waals surface area contributed by atoms with Crippen molar-refractivity contribution in [3.05, 3.63) is 93.8 Å². The summed E-state index contributed by atoms with van der Waals surface area (Å²) in [6.07, 6.45) is 2.43. The molecule has 0 saturated heterocycles. The maximum Gasteiger partial charge on any atom is 0.355 e. The van der Waals surface area contributed by atoms with Gasteiger partial charge in [0.1, 0.15) is 16.4 Å². The molecule has 8 heteroatoms. The Bertz CT molecular complexity index is 1330. The molecule has 0 aliphatic rings. The molecule has 34 heavy (non-hydrogen) atoms. The van der Waals surface area contributed by atoms with Crippen LogP contribution < -0.4 is 14.9 Å². The first-order valence-electron chi connectivity index (χ1n) is 10.6. The van der Waals surface area contributed by atoms with Crippen molar-refractivity contribution in [2.24, 2.45) is 5.10 Å². The standard InChI is InChI=1S/C26H21ClN2O4S/c1-2-17-7-11-19(12-8-17)32-16-23(30)29-28-15-18-9-13-20(14-10-18)33-26(31)25-24(27)21-5-3-4-6-22(21)34-25/h3-15H,2,16H2,1H3,(H,29,30)/b28-15+. The van der Waals surface area contributed by atoms with Gasteiger partial charge in [-0.3, -0.25) is 4.79 Å². The van der Waals surface area contributed by atoms with Crippen molar-refractivity contribution in [2.75, 3.05) is 6.61 Å². The Morgan fingerprint density at radius 3 is 2.41 bits per heavy atom. The van der Waals surface area contributed by atoms with Crippen LogP contribution >= 0.6 is 22.9 Å². The van der Waals surface area contributed by atoms with Crippen LogP contribution in [-0.4, -0.2) is 24.7 Å². The quantitative estimate of drug-likeness (QED) is 0.144. The van der Waals surface area contributed by atoms with E-state index >= 15 is 0 Å². The van der Waals surface area contributed by atoms with Gasteiger partial charge in [-0.1, -0.05) is 48.9 Å². The summed E-state index contributed by atoms with van der Waals surface area (Å²) in [7, 11) is 0. The summed E-state index contributed by atoms with van der Waals surface area (Å²) < 4.78 is 11.8. The lowest BCUT2D eigenvalue weighted by molar-refractivity contribution is -0.123. The summed E-state index contributed by atoms with van der Waals surface area (Å²) in [5, 5.41) is 5.15. The number of hydrazone groups is 1. The number of esters is 1. The van der Waals surface area contributed by atoms with E-state index in [9.17, 15) is 9.59 Å². The van der Waals surface area contributed by atoms with Crippen molar-refractivity contribution in [1.29, 1.82) is 0 Å². The number of carbonyl (C=O) groups is 2. The topological polar surface area (TPSA) is 77.0 Å². The summed E-state index contributed by atoms with van der Waals surface area (Å²) in [4.78, 5) is 24.8. The normalized spacial score (nSPS) is 11.0. The van der Waals surface area contributed by atoms with Crippen LogP contribution in [0.5, 0.6) is 11.5 Å². The van der Waals surface area contributed by atoms with E-state index in [2.05, 4.69) is 17.5 Å². The van der Waals surface area contributed by atoms with E-state index in [1.165, 1.54) is 23.1 Å². The summed E-state index contributed by atoms with van der Waals surface area (Å²) in [5.41, 5.74) is 4.34. The Morgan fingerprint density at radius 2 is 1.71 bits per heavy atom. The number of amides is 1. The predicted molar refractivity (Wildman–Crippen MR) is 135 cm³/mol. The van der Waals surface area contributed by atoms with Crippen LogP contribution in [0.3, 0.4) is 0 Å². The third-order valence-corrected chi connectivity index (χ3v) is 6.57. The number of rotatable bonds is 8. The Hall–Kier alpha value is -3.68. The highest BCUT2D eigenvalue weighted by Gasteiger charge is 2.18. The molecule has 172 valence electrons. The van der Waals surface area contributed by atoms with Crippen molar-refractivity contribution >= 4 is 51.1 Å². The number of hydrogen-bond acceptors (Lipinski definition) is 6. The molecule has 0 aliphatic carbocycles. The van der Waals surface area contributed by atoms with E-state index in [-0.39, 0.29) is 12.5 Å². The molecule has 1 N–H and O–H groups in total. The number of halogens is 1. The van der Waals surface area contributed by atoms with Crippen LogP contribution in [0.4, 0.5) is 0 Å². The average Bonchev–Trinajstić information content (AvgIpc) is 3.21. The molecule has 0 saturated carbocycles. The highest BCUT2D eigenvalue weighted by atomic mass is 35.5. The predicted octanol–water partition coefficient (Wildman–Crippen LogP) is 5.87. The Balaban J connectivity index is 1.27. The van der Waals surface area contributed by atoms with Gasteiger partial charge >= 0.3 is 5.97 Å². The SMILES string of the molecule is CCc1ccc(OCC(=O)N/N=C/c2ccc(OC(=O)c3sc4ccccc4c3Cl)cc2)cc1. The zero-order valence-corrected chi connectivity index (χ0v) is 19.9. The van der Waals surface area contributed by atoms with Gasteiger partial charge in [0.05, 0.1) is 11.2 Å². The third-order valence-electron chi connectivity index (χ3n) is 4.92. The lowest BCUT2D eigenvalue weighted by atomic mass is 10.2. The van der Waals surface area contributed by atoms with Gasteiger partial charge < -0.3 is 9.47 Å². The van der Waals surface area contributed by atoms with Crippen LogP contribution in [0.1, 0.15) is 27.7 Å². The number of hydrogen-bond donors (Lipinski definition) is 1. The molecule has 0 aliphatic heterocycles. The number of nitrogens with one attached hydrogen (secondary N) is 1. The van der Waals surface area contributed by atoms with E-state index in [1.807, 2.05) is 48.5 Å². The van der Waals surface area contributed by atoms with Crippen LogP contribution in [0.2, 0.25) is 5.02 Å². The molecule has 0 spiro atoms. The van der Waals surface area contributed by atoms with Crippen molar-refractivity contribution in [1.82, 2.24) is 5.43 Å². The first-order chi connectivity index (χ1) is 16.5. The minimum Gasteiger partial charge on any atom is -0.484 e. The zero-order chi connectivity index (χ0) is 23.9. The van der Waals surface area contributed by atoms with Gasteiger partial charge in [0.2, 0.25) is 0 Å². The van der Waals surface area contributed by atoms with E-state index in [0.29, 0.717) is 21.4 Å². The molecule has 3 aromatic carbocycles. The lowest BCUT2D eigenvalue weighted by Gasteiger charge is -2.05. The Kier molecular flexibility index (Phi) is 7.57. The molecule has 0 bridgehead atoms. The average molecular weight is 493 g/mol. The maximum absolute atomic E-state index is 12.6. The fourth-order valence-corrected chi connectivity index (χ4v) is 4.49. The fraction of sp³-hybridized carbons (Fsp3) is 0.115. The van der Waals surface area contributed by atoms with Crippen LogP contribution in [0, 0.1) is 0 Å². The fourth-order valence-electron chi connectivity index (χ4n) is 3.10. The van der Waals surface area contributed by atoms with Gasteiger partial charge in [-0.2, -0.15) is 5.10 Å². The first-order valence-corrected chi connectivity index (χ1v) is 11.8. The second-order valence-electron chi connectivity index (χ2n) is 7.28. The molecule has 1 amide bonds. The minimum absolute atomic E-state index is 0.141. The van der Waals surface area contributed by atoms with Crippen LogP contribution in [-0.2, 0) is 11.2 Å². The molecule has 0 radical (unpaired) electrons. The molecular formula is C26H21ClN2O4S. The maximum atomic E-state index is 12.6. The number of benzene rings is 3. The van der Waals surface area contributed by atoms with Crippen molar-refractivity contribution in [3.8, 4) is 11.5 Å². The first kappa shape index (κ1) is 23.5. The van der Waals surface area contributed by atoms with E-state index in [0.717, 1.165) is 22.1 Å². The second-order valence-corrected chi connectivity index (χ2v) is 8.71. The molecule has 0 atom stereocenters. The number of ether oxygens (including phenoxy) is 2. The molecular weight excluding hydrogens is 472 g/mol. The lowest BCUT2D eigenvalue weighted by Crippen LogP contribution is -2.24. The molecule has 4 rings (SSSR count). The number of fused-ring (bicyclic) bond motifs is 1. The molecule has 1 aromatic heterocycles. The Morgan fingerprint density at radius 1 is 1.00 bits per heavy atom. The van der Waals surface area contributed by atoms with Crippen LogP contribution in [0.15, 0.2) is 77.9 Å². The third kappa shape index (κ3) is 5.81. The molecule has 6 nitrogen and oxygen atoms in total.